The fourth-order valence-electron chi connectivity index (χ4n) is 2.52. The van der Waals surface area contributed by atoms with Crippen molar-refractivity contribution in [1.29, 1.82) is 0 Å². The van der Waals surface area contributed by atoms with E-state index in [1.165, 1.54) is 19.3 Å². The molecule has 4 nitrogen and oxygen atoms in total. The Kier molecular flexibility index (Phi) is 3.36. The minimum Gasteiger partial charge on any atom is -0.314 e. The molecule has 84 valence electrons. The standard InChI is InChI=1S/C11H20N4/c1-3-12-10-5-4-9(6-10)7-11-8-15(2)14-13-11/h8-10,12H,3-7H2,1-2H3. The summed E-state index contributed by atoms with van der Waals surface area (Å²) in [5, 5.41) is 11.6. The van der Waals surface area contributed by atoms with Gasteiger partial charge in [-0.05, 0) is 38.1 Å². The second-order valence-electron chi connectivity index (χ2n) is 4.52. The average molecular weight is 208 g/mol. The molecule has 0 saturated heterocycles. The third-order valence-electron chi connectivity index (χ3n) is 3.18. The fourth-order valence-corrected chi connectivity index (χ4v) is 2.52. The van der Waals surface area contributed by atoms with E-state index in [1.807, 2.05) is 13.2 Å². The Labute approximate surface area is 91.1 Å². The van der Waals surface area contributed by atoms with Gasteiger partial charge in [-0.25, -0.2) is 0 Å². The maximum Gasteiger partial charge on any atom is 0.0829 e. The van der Waals surface area contributed by atoms with Crippen molar-refractivity contribution < 1.29 is 0 Å². The van der Waals surface area contributed by atoms with Crippen molar-refractivity contribution in [3.63, 3.8) is 0 Å². The van der Waals surface area contributed by atoms with E-state index in [4.69, 9.17) is 0 Å². The van der Waals surface area contributed by atoms with Gasteiger partial charge in [-0.2, -0.15) is 0 Å². The SMILES string of the molecule is CCNC1CCC(Cc2cn(C)nn2)C1. The van der Waals surface area contributed by atoms with Gasteiger partial charge in [0.2, 0.25) is 0 Å². The summed E-state index contributed by atoms with van der Waals surface area (Å²) >= 11 is 0. The van der Waals surface area contributed by atoms with Gasteiger partial charge in [-0.3, -0.25) is 4.68 Å². The van der Waals surface area contributed by atoms with Crippen LogP contribution in [0, 0.1) is 5.92 Å². The summed E-state index contributed by atoms with van der Waals surface area (Å²) in [6.45, 7) is 3.26. The van der Waals surface area contributed by atoms with Crippen LogP contribution in [-0.2, 0) is 13.5 Å². The lowest BCUT2D eigenvalue weighted by Gasteiger charge is -2.10. The van der Waals surface area contributed by atoms with Gasteiger partial charge in [0.1, 0.15) is 0 Å². The van der Waals surface area contributed by atoms with Crippen LogP contribution in [0.25, 0.3) is 0 Å². The summed E-state index contributed by atoms with van der Waals surface area (Å²) in [5.41, 5.74) is 1.14. The van der Waals surface area contributed by atoms with E-state index in [9.17, 15) is 0 Å². The highest BCUT2D eigenvalue weighted by Gasteiger charge is 2.24. The molecule has 1 aliphatic carbocycles. The van der Waals surface area contributed by atoms with Crippen LogP contribution in [0.3, 0.4) is 0 Å². The highest BCUT2D eigenvalue weighted by molar-refractivity contribution is 4.96. The van der Waals surface area contributed by atoms with Crippen molar-refractivity contribution in [2.24, 2.45) is 13.0 Å². The molecule has 4 heteroatoms. The van der Waals surface area contributed by atoms with Gasteiger partial charge in [-0.1, -0.05) is 12.1 Å². The molecule has 15 heavy (non-hydrogen) atoms. The van der Waals surface area contributed by atoms with E-state index in [0.29, 0.717) is 0 Å². The van der Waals surface area contributed by atoms with Crippen LogP contribution in [0.15, 0.2) is 6.20 Å². The molecule has 2 atom stereocenters. The van der Waals surface area contributed by atoms with Crippen LogP contribution < -0.4 is 5.32 Å². The topological polar surface area (TPSA) is 42.7 Å². The van der Waals surface area contributed by atoms with Gasteiger partial charge in [0.25, 0.3) is 0 Å². The maximum absolute atomic E-state index is 4.14. The molecular formula is C11H20N4. The van der Waals surface area contributed by atoms with Crippen molar-refractivity contribution in [2.45, 2.75) is 38.6 Å². The lowest BCUT2D eigenvalue weighted by Crippen LogP contribution is -2.25. The summed E-state index contributed by atoms with van der Waals surface area (Å²) in [6.07, 6.45) is 7.06. The van der Waals surface area contributed by atoms with Gasteiger partial charge in [-0.15, -0.1) is 5.10 Å². The first-order valence-electron chi connectivity index (χ1n) is 5.86. The summed E-state index contributed by atoms with van der Waals surface area (Å²) in [6, 6.07) is 0.733. The summed E-state index contributed by atoms with van der Waals surface area (Å²) < 4.78 is 1.78. The van der Waals surface area contributed by atoms with Crippen LogP contribution >= 0.6 is 0 Å². The Bertz CT molecular complexity index is 307. The molecule has 1 aromatic rings. The Balaban J connectivity index is 1.82. The summed E-state index contributed by atoms with van der Waals surface area (Å²) in [7, 11) is 1.92. The predicted octanol–water partition coefficient (Wildman–Crippen LogP) is 1.14. The van der Waals surface area contributed by atoms with Gasteiger partial charge in [0, 0.05) is 19.3 Å². The number of hydrogen-bond donors (Lipinski definition) is 1. The van der Waals surface area contributed by atoms with Crippen molar-refractivity contribution in [3.05, 3.63) is 11.9 Å². The Morgan fingerprint density at radius 1 is 1.53 bits per heavy atom. The number of nitrogens with one attached hydrogen (secondary N) is 1. The molecule has 1 aromatic heterocycles. The second kappa shape index (κ2) is 4.75. The van der Waals surface area contributed by atoms with Crippen LogP contribution in [0.5, 0.6) is 0 Å². The molecule has 1 aliphatic rings. The van der Waals surface area contributed by atoms with E-state index in [2.05, 4.69) is 22.6 Å². The van der Waals surface area contributed by atoms with Crippen LogP contribution in [-0.4, -0.2) is 27.6 Å². The van der Waals surface area contributed by atoms with Crippen LogP contribution in [0.2, 0.25) is 0 Å². The highest BCUT2D eigenvalue weighted by atomic mass is 15.4. The molecule has 0 bridgehead atoms. The van der Waals surface area contributed by atoms with E-state index in [-0.39, 0.29) is 0 Å². The van der Waals surface area contributed by atoms with Crippen LogP contribution in [0.4, 0.5) is 0 Å². The molecule has 0 aromatic carbocycles. The molecule has 1 heterocycles. The van der Waals surface area contributed by atoms with Crippen LogP contribution in [0.1, 0.15) is 31.9 Å². The number of aryl methyl sites for hydroxylation is 1. The molecule has 1 N–H and O–H groups in total. The zero-order valence-corrected chi connectivity index (χ0v) is 9.61. The molecule has 0 aliphatic heterocycles. The minimum atomic E-state index is 0.733. The number of hydrogen-bond acceptors (Lipinski definition) is 3. The third-order valence-corrected chi connectivity index (χ3v) is 3.18. The highest BCUT2D eigenvalue weighted by Crippen LogP contribution is 2.27. The van der Waals surface area contributed by atoms with Crippen molar-refractivity contribution >= 4 is 0 Å². The molecule has 2 unspecified atom stereocenters. The van der Waals surface area contributed by atoms with Crippen molar-refractivity contribution in [2.75, 3.05) is 6.54 Å². The van der Waals surface area contributed by atoms with Gasteiger partial charge in [0.15, 0.2) is 0 Å². The Morgan fingerprint density at radius 2 is 2.40 bits per heavy atom. The number of aromatic nitrogens is 3. The first-order chi connectivity index (χ1) is 7.28. The van der Waals surface area contributed by atoms with Gasteiger partial charge < -0.3 is 5.32 Å². The Morgan fingerprint density at radius 3 is 3.07 bits per heavy atom. The molecule has 0 amide bonds. The van der Waals surface area contributed by atoms with Crippen molar-refractivity contribution in [1.82, 2.24) is 20.3 Å². The first kappa shape index (κ1) is 10.6. The molecule has 0 spiro atoms. The number of nitrogens with zero attached hydrogens (tertiary/aromatic N) is 3. The minimum absolute atomic E-state index is 0.733. The third kappa shape index (κ3) is 2.78. The molecule has 0 radical (unpaired) electrons. The molecule has 1 saturated carbocycles. The molecule has 2 rings (SSSR count). The zero-order chi connectivity index (χ0) is 10.7. The first-order valence-corrected chi connectivity index (χ1v) is 5.86. The van der Waals surface area contributed by atoms with Gasteiger partial charge >= 0.3 is 0 Å². The normalized spacial score (nSPS) is 26.0. The molecule has 1 fully saturated rings. The lowest BCUT2D eigenvalue weighted by atomic mass is 10.0. The average Bonchev–Trinajstić information content (AvgIpc) is 2.78. The monoisotopic (exact) mass is 208 g/mol. The number of rotatable bonds is 4. The maximum atomic E-state index is 4.14. The smallest absolute Gasteiger partial charge is 0.0829 e. The van der Waals surface area contributed by atoms with Crippen molar-refractivity contribution in [3.8, 4) is 0 Å². The van der Waals surface area contributed by atoms with Gasteiger partial charge in [0.05, 0.1) is 5.69 Å². The zero-order valence-electron chi connectivity index (χ0n) is 9.61. The second-order valence-corrected chi connectivity index (χ2v) is 4.52. The molecular weight excluding hydrogens is 188 g/mol. The Hall–Kier alpha value is -0.900. The van der Waals surface area contributed by atoms with E-state index < -0.39 is 0 Å². The summed E-state index contributed by atoms with van der Waals surface area (Å²) in [5.74, 6) is 0.797. The largest absolute Gasteiger partial charge is 0.314 e. The van der Waals surface area contributed by atoms with E-state index in [1.54, 1.807) is 4.68 Å². The lowest BCUT2D eigenvalue weighted by molar-refractivity contribution is 0.490. The summed E-state index contributed by atoms with van der Waals surface area (Å²) in [4.78, 5) is 0. The van der Waals surface area contributed by atoms with E-state index in [0.717, 1.165) is 30.6 Å². The van der Waals surface area contributed by atoms with E-state index >= 15 is 0 Å². The fraction of sp³-hybridized carbons (Fsp3) is 0.818. The quantitative estimate of drug-likeness (QED) is 0.806. The predicted molar refractivity (Wildman–Crippen MR) is 59.5 cm³/mol.